The molecule has 4 N–H and O–H groups in total. The standard InChI is InChI=1S/C25H32BClN2O4/c1-16(2)13-23(26(32)33)29-24(30)15-22(18-9-5-10-19(27)14-18)28-25(31)21-12-6-8-17-7-3-4-11-20(17)21/h3-5,7,9-11,14,16,21-23,32-33H,6,8,12-13,15H2,1-2H3,(H,28,31)(H,29,30)/t21-,22?,23-/m0/s1. The van der Waals surface area contributed by atoms with E-state index in [1.807, 2.05) is 38.1 Å². The summed E-state index contributed by atoms with van der Waals surface area (Å²) in [6, 6.07) is 14.5. The van der Waals surface area contributed by atoms with Gasteiger partial charge in [-0.2, -0.15) is 0 Å². The summed E-state index contributed by atoms with van der Waals surface area (Å²) < 4.78 is 0. The zero-order valence-corrected chi connectivity index (χ0v) is 19.9. The Balaban J connectivity index is 1.78. The van der Waals surface area contributed by atoms with Crippen molar-refractivity contribution in [2.45, 2.75) is 63.9 Å². The maximum absolute atomic E-state index is 13.3. The van der Waals surface area contributed by atoms with E-state index in [1.54, 1.807) is 18.2 Å². The van der Waals surface area contributed by atoms with Crippen molar-refractivity contribution < 1.29 is 19.6 Å². The van der Waals surface area contributed by atoms with E-state index >= 15 is 0 Å². The van der Waals surface area contributed by atoms with E-state index in [9.17, 15) is 19.6 Å². The molecule has 2 amide bonds. The summed E-state index contributed by atoms with van der Waals surface area (Å²) in [5, 5.41) is 25.6. The molecule has 0 fully saturated rings. The number of fused-ring (bicyclic) bond motifs is 1. The number of hydrogen-bond donors (Lipinski definition) is 4. The van der Waals surface area contributed by atoms with E-state index < -0.39 is 19.1 Å². The van der Waals surface area contributed by atoms with Gasteiger partial charge in [0.1, 0.15) is 0 Å². The fraction of sp³-hybridized carbons (Fsp3) is 0.440. The molecule has 3 rings (SSSR count). The monoisotopic (exact) mass is 470 g/mol. The second-order valence-corrected chi connectivity index (χ2v) is 9.62. The minimum absolute atomic E-state index is 0.0399. The van der Waals surface area contributed by atoms with Gasteiger partial charge in [0.05, 0.1) is 24.3 Å². The lowest BCUT2D eigenvalue weighted by Gasteiger charge is -2.28. The molecule has 0 saturated heterocycles. The van der Waals surface area contributed by atoms with Gasteiger partial charge in [0, 0.05) is 5.02 Å². The van der Waals surface area contributed by atoms with Crippen LogP contribution in [0.15, 0.2) is 48.5 Å². The molecule has 0 saturated carbocycles. The Kier molecular flexibility index (Phi) is 8.95. The summed E-state index contributed by atoms with van der Waals surface area (Å²) in [5.74, 6) is -1.37. The van der Waals surface area contributed by atoms with Gasteiger partial charge in [-0.05, 0) is 60.4 Å². The number of amides is 2. The first-order chi connectivity index (χ1) is 15.7. The molecule has 0 aromatic heterocycles. The second kappa shape index (κ2) is 11.7. The lowest BCUT2D eigenvalue weighted by molar-refractivity contribution is -0.125. The number of aryl methyl sites for hydroxylation is 1. The summed E-state index contributed by atoms with van der Waals surface area (Å²) in [7, 11) is -1.66. The predicted molar refractivity (Wildman–Crippen MR) is 131 cm³/mol. The van der Waals surface area contributed by atoms with Gasteiger partial charge in [0.25, 0.3) is 0 Å². The van der Waals surface area contributed by atoms with E-state index in [1.165, 1.54) is 5.56 Å². The molecule has 2 aromatic carbocycles. The summed E-state index contributed by atoms with van der Waals surface area (Å²) in [4.78, 5) is 26.2. The molecule has 0 spiro atoms. The number of halogens is 1. The first-order valence-corrected chi connectivity index (χ1v) is 11.9. The van der Waals surface area contributed by atoms with Crippen LogP contribution in [0.2, 0.25) is 5.02 Å². The molecule has 33 heavy (non-hydrogen) atoms. The average molecular weight is 471 g/mol. The van der Waals surface area contributed by atoms with Crippen molar-refractivity contribution in [3.8, 4) is 0 Å². The van der Waals surface area contributed by atoms with Gasteiger partial charge in [-0.3, -0.25) is 9.59 Å². The zero-order valence-electron chi connectivity index (χ0n) is 19.1. The number of benzene rings is 2. The summed E-state index contributed by atoms with van der Waals surface area (Å²) >= 11 is 6.18. The van der Waals surface area contributed by atoms with Gasteiger partial charge >= 0.3 is 7.12 Å². The number of carbonyl (C=O) groups excluding carboxylic acids is 2. The Hall–Kier alpha value is -2.35. The molecular weight excluding hydrogens is 439 g/mol. The fourth-order valence-electron chi connectivity index (χ4n) is 4.49. The minimum Gasteiger partial charge on any atom is -0.426 e. The van der Waals surface area contributed by atoms with E-state index in [4.69, 9.17) is 11.6 Å². The predicted octanol–water partition coefficient (Wildman–Crippen LogP) is 3.55. The quantitative estimate of drug-likeness (QED) is 0.421. The van der Waals surface area contributed by atoms with Gasteiger partial charge in [0.2, 0.25) is 11.8 Å². The molecular formula is C25H32BClN2O4. The Morgan fingerprint density at radius 3 is 2.58 bits per heavy atom. The SMILES string of the molecule is CC(C)C[C@H](NC(=O)CC(NC(=O)[C@H]1CCCc2ccccc21)c1cccc(Cl)c1)B(O)O. The first-order valence-electron chi connectivity index (χ1n) is 11.5. The Bertz CT molecular complexity index is 969. The van der Waals surface area contributed by atoms with Crippen LogP contribution in [0.4, 0.5) is 0 Å². The molecule has 1 aliphatic carbocycles. The second-order valence-electron chi connectivity index (χ2n) is 9.18. The molecule has 0 heterocycles. The summed E-state index contributed by atoms with van der Waals surface area (Å²) in [6.45, 7) is 3.89. The normalized spacial score (nSPS) is 17.1. The van der Waals surface area contributed by atoms with Crippen LogP contribution in [-0.2, 0) is 16.0 Å². The van der Waals surface area contributed by atoms with E-state index in [0.717, 1.165) is 30.4 Å². The highest BCUT2D eigenvalue weighted by molar-refractivity contribution is 6.43. The van der Waals surface area contributed by atoms with Gasteiger partial charge in [0.15, 0.2) is 0 Å². The number of hydrogen-bond acceptors (Lipinski definition) is 4. The number of nitrogens with one attached hydrogen (secondary N) is 2. The van der Waals surface area contributed by atoms with Crippen LogP contribution in [0.3, 0.4) is 0 Å². The Morgan fingerprint density at radius 2 is 1.88 bits per heavy atom. The molecule has 1 aliphatic rings. The third kappa shape index (κ3) is 7.07. The Morgan fingerprint density at radius 1 is 1.12 bits per heavy atom. The zero-order chi connectivity index (χ0) is 24.0. The lowest BCUT2D eigenvalue weighted by Crippen LogP contribution is -2.48. The molecule has 176 valence electrons. The third-order valence-corrected chi connectivity index (χ3v) is 6.31. The maximum Gasteiger partial charge on any atom is 0.475 e. The van der Waals surface area contributed by atoms with E-state index in [2.05, 4.69) is 16.7 Å². The smallest absolute Gasteiger partial charge is 0.426 e. The van der Waals surface area contributed by atoms with Gasteiger partial charge in [-0.25, -0.2) is 0 Å². The van der Waals surface area contributed by atoms with Crippen LogP contribution in [0.1, 0.15) is 68.2 Å². The molecule has 6 nitrogen and oxygen atoms in total. The van der Waals surface area contributed by atoms with Crippen LogP contribution in [0.5, 0.6) is 0 Å². The molecule has 0 radical (unpaired) electrons. The van der Waals surface area contributed by atoms with Crippen molar-refractivity contribution in [1.82, 2.24) is 10.6 Å². The highest BCUT2D eigenvalue weighted by Crippen LogP contribution is 2.32. The van der Waals surface area contributed by atoms with Crippen molar-refractivity contribution in [3.05, 3.63) is 70.2 Å². The highest BCUT2D eigenvalue weighted by Gasteiger charge is 2.30. The Labute approximate surface area is 200 Å². The van der Waals surface area contributed by atoms with Crippen molar-refractivity contribution in [2.75, 3.05) is 0 Å². The van der Waals surface area contributed by atoms with Gasteiger partial charge < -0.3 is 20.7 Å². The number of carbonyl (C=O) groups is 2. The molecule has 2 aromatic rings. The van der Waals surface area contributed by atoms with Crippen molar-refractivity contribution in [3.63, 3.8) is 0 Å². The van der Waals surface area contributed by atoms with Crippen molar-refractivity contribution in [1.29, 1.82) is 0 Å². The highest BCUT2D eigenvalue weighted by atomic mass is 35.5. The van der Waals surface area contributed by atoms with Crippen LogP contribution in [0, 0.1) is 5.92 Å². The van der Waals surface area contributed by atoms with Crippen molar-refractivity contribution in [2.24, 2.45) is 5.92 Å². The molecule has 1 unspecified atom stereocenters. The average Bonchev–Trinajstić information content (AvgIpc) is 2.77. The number of rotatable bonds is 9. The van der Waals surface area contributed by atoms with Crippen LogP contribution >= 0.6 is 11.6 Å². The first kappa shape index (κ1) is 25.3. The summed E-state index contributed by atoms with van der Waals surface area (Å²) in [5.41, 5.74) is 2.95. The summed E-state index contributed by atoms with van der Waals surface area (Å²) in [6.07, 6.45) is 3.03. The lowest BCUT2D eigenvalue weighted by atomic mass is 9.75. The third-order valence-electron chi connectivity index (χ3n) is 6.07. The van der Waals surface area contributed by atoms with Gasteiger partial charge in [-0.1, -0.05) is 61.8 Å². The maximum atomic E-state index is 13.3. The minimum atomic E-state index is -1.66. The fourth-order valence-corrected chi connectivity index (χ4v) is 4.69. The van der Waals surface area contributed by atoms with E-state index in [-0.39, 0.29) is 30.1 Å². The van der Waals surface area contributed by atoms with Crippen LogP contribution < -0.4 is 10.6 Å². The molecule has 0 bridgehead atoms. The molecule has 8 heteroatoms. The topological polar surface area (TPSA) is 98.7 Å². The van der Waals surface area contributed by atoms with Crippen LogP contribution in [-0.4, -0.2) is 34.9 Å². The molecule has 3 atom stereocenters. The molecule has 0 aliphatic heterocycles. The van der Waals surface area contributed by atoms with Crippen molar-refractivity contribution >= 4 is 30.5 Å². The van der Waals surface area contributed by atoms with Gasteiger partial charge in [-0.15, -0.1) is 0 Å². The van der Waals surface area contributed by atoms with E-state index in [0.29, 0.717) is 11.4 Å². The largest absolute Gasteiger partial charge is 0.475 e. The van der Waals surface area contributed by atoms with Crippen LogP contribution in [0.25, 0.3) is 0 Å².